The highest BCUT2D eigenvalue weighted by molar-refractivity contribution is 7.88. The van der Waals surface area contributed by atoms with E-state index in [2.05, 4.69) is 66.6 Å². The fraction of sp³-hybridized carbons (Fsp3) is 0.250. The van der Waals surface area contributed by atoms with Crippen LogP contribution in [0.25, 0.3) is 11.1 Å². The minimum atomic E-state index is -3.17. The Morgan fingerprint density at radius 3 is 2.50 bits per heavy atom. The van der Waals surface area contributed by atoms with Crippen LogP contribution in [-0.2, 0) is 36.0 Å². The third kappa shape index (κ3) is 4.83. The van der Waals surface area contributed by atoms with Gasteiger partial charge in [-0.05, 0) is 70.3 Å². The summed E-state index contributed by atoms with van der Waals surface area (Å²) in [6.45, 7) is 3.93. The molecule has 1 aromatic heterocycles. The smallest absolute Gasteiger partial charge is 0.211 e. The number of fused-ring (bicyclic) bond motifs is 1. The van der Waals surface area contributed by atoms with Gasteiger partial charge in [-0.15, -0.1) is 0 Å². The first-order valence-electron chi connectivity index (χ1n) is 11.6. The molecule has 0 saturated carbocycles. The van der Waals surface area contributed by atoms with E-state index in [-0.39, 0.29) is 0 Å². The van der Waals surface area contributed by atoms with Crippen LogP contribution >= 0.6 is 0 Å². The van der Waals surface area contributed by atoms with Crippen molar-refractivity contribution in [2.24, 2.45) is 0 Å². The molecule has 5 rings (SSSR count). The summed E-state index contributed by atoms with van der Waals surface area (Å²) in [4.78, 5) is 0. The third-order valence-corrected chi connectivity index (χ3v) is 7.91. The predicted molar refractivity (Wildman–Crippen MR) is 136 cm³/mol. The van der Waals surface area contributed by atoms with E-state index in [0.717, 1.165) is 24.9 Å². The van der Waals surface area contributed by atoms with E-state index in [1.807, 2.05) is 23.0 Å². The predicted octanol–water partition coefficient (Wildman–Crippen LogP) is 4.82. The standard InChI is InChI=1S/C28H29N3O2S/c1-21-7-8-23(17-25-5-3-6-26-20-31(34(2,32)33)16-13-27(25)26)18-28(21)24-11-9-22(10-12-24)19-30-15-4-14-29-30/h3-12,14-15,18H,13,16-17,19-20H2,1-2H3. The quantitative estimate of drug-likeness (QED) is 0.405. The first-order chi connectivity index (χ1) is 16.4. The van der Waals surface area contributed by atoms with Gasteiger partial charge < -0.3 is 0 Å². The molecule has 1 aliphatic heterocycles. The lowest BCUT2D eigenvalue weighted by atomic mass is 9.90. The lowest BCUT2D eigenvalue weighted by molar-refractivity contribution is 0.394. The van der Waals surface area contributed by atoms with E-state index in [1.54, 1.807) is 10.5 Å². The highest BCUT2D eigenvalue weighted by atomic mass is 32.2. The second-order valence-electron chi connectivity index (χ2n) is 9.13. The van der Waals surface area contributed by atoms with Crippen molar-refractivity contribution in [3.05, 3.63) is 113 Å². The molecule has 34 heavy (non-hydrogen) atoms. The summed E-state index contributed by atoms with van der Waals surface area (Å²) in [5.74, 6) is 0. The average molecular weight is 472 g/mol. The molecule has 0 atom stereocenters. The molecule has 0 spiro atoms. The first kappa shape index (κ1) is 22.6. The van der Waals surface area contributed by atoms with Gasteiger partial charge in [0.05, 0.1) is 12.8 Å². The average Bonchev–Trinajstić information content (AvgIpc) is 3.33. The topological polar surface area (TPSA) is 55.2 Å². The highest BCUT2D eigenvalue weighted by Gasteiger charge is 2.24. The zero-order valence-corrected chi connectivity index (χ0v) is 20.4. The number of aryl methyl sites for hydroxylation is 1. The second-order valence-corrected chi connectivity index (χ2v) is 11.1. The van der Waals surface area contributed by atoms with Crippen molar-refractivity contribution < 1.29 is 8.42 Å². The lowest BCUT2D eigenvalue weighted by Crippen LogP contribution is -2.35. The van der Waals surface area contributed by atoms with Crippen LogP contribution in [0.15, 0.2) is 79.1 Å². The number of sulfonamides is 1. The van der Waals surface area contributed by atoms with Gasteiger partial charge in [-0.25, -0.2) is 8.42 Å². The van der Waals surface area contributed by atoms with Crippen LogP contribution < -0.4 is 0 Å². The van der Waals surface area contributed by atoms with Crippen molar-refractivity contribution in [2.75, 3.05) is 12.8 Å². The van der Waals surface area contributed by atoms with Crippen molar-refractivity contribution in [1.82, 2.24) is 14.1 Å². The van der Waals surface area contributed by atoms with Crippen molar-refractivity contribution in [2.45, 2.75) is 32.9 Å². The molecule has 1 aliphatic rings. The molecule has 0 N–H and O–H groups in total. The minimum absolute atomic E-state index is 0.464. The van der Waals surface area contributed by atoms with Gasteiger partial charge in [-0.2, -0.15) is 9.40 Å². The fourth-order valence-corrected chi connectivity index (χ4v) is 5.59. The number of rotatable bonds is 6. The summed E-state index contributed by atoms with van der Waals surface area (Å²) in [5, 5.41) is 4.29. The van der Waals surface area contributed by atoms with Crippen LogP contribution in [-0.4, -0.2) is 35.3 Å². The monoisotopic (exact) mass is 471 g/mol. The Hall–Kier alpha value is -3.22. The molecule has 6 heteroatoms. The molecule has 4 aromatic rings. The molecule has 3 aromatic carbocycles. The number of nitrogens with zero attached hydrogens (tertiary/aromatic N) is 3. The molecule has 0 saturated heterocycles. The number of benzene rings is 3. The highest BCUT2D eigenvalue weighted by Crippen LogP contribution is 2.29. The van der Waals surface area contributed by atoms with Gasteiger partial charge in [0.15, 0.2) is 0 Å². The molecule has 0 bridgehead atoms. The van der Waals surface area contributed by atoms with Gasteiger partial charge in [-0.1, -0.05) is 60.7 Å². The van der Waals surface area contributed by atoms with E-state index in [0.29, 0.717) is 13.1 Å². The molecule has 0 radical (unpaired) electrons. The van der Waals surface area contributed by atoms with Crippen LogP contribution in [0.3, 0.4) is 0 Å². The molecule has 0 aliphatic carbocycles. The van der Waals surface area contributed by atoms with Crippen LogP contribution in [0.5, 0.6) is 0 Å². The van der Waals surface area contributed by atoms with Crippen molar-refractivity contribution >= 4 is 10.0 Å². The number of aromatic nitrogens is 2. The van der Waals surface area contributed by atoms with E-state index >= 15 is 0 Å². The Bertz CT molecular complexity index is 1410. The second kappa shape index (κ2) is 9.20. The fourth-order valence-electron chi connectivity index (χ4n) is 4.79. The Morgan fingerprint density at radius 1 is 0.971 bits per heavy atom. The van der Waals surface area contributed by atoms with Crippen LogP contribution in [0, 0.1) is 6.92 Å². The minimum Gasteiger partial charge on any atom is -0.268 e. The Balaban J connectivity index is 1.38. The van der Waals surface area contributed by atoms with Crippen LogP contribution in [0.4, 0.5) is 0 Å². The van der Waals surface area contributed by atoms with Crippen molar-refractivity contribution in [1.29, 1.82) is 0 Å². The Morgan fingerprint density at radius 2 is 1.76 bits per heavy atom. The number of hydrogen-bond donors (Lipinski definition) is 0. The molecular formula is C28H29N3O2S. The van der Waals surface area contributed by atoms with E-state index in [4.69, 9.17) is 0 Å². The maximum absolute atomic E-state index is 12.0. The summed E-state index contributed by atoms with van der Waals surface area (Å²) >= 11 is 0. The summed E-state index contributed by atoms with van der Waals surface area (Å²) in [6, 6.07) is 23.6. The van der Waals surface area contributed by atoms with Gasteiger partial charge in [0.1, 0.15) is 0 Å². The molecular weight excluding hydrogens is 442 g/mol. The zero-order chi connectivity index (χ0) is 23.7. The van der Waals surface area contributed by atoms with Gasteiger partial charge in [-0.3, -0.25) is 4.68 Å². The van der Waals surface area contributed by atoms with E-state index in [1.165, 1.54) is 45.2 Å². The van der Waals surface area contributed by atoms with E-state index in [9.17, 15) is 8.42 Å². The molecule has 5 nitrogen and oxygen atoms in total. The first-order valence-corrected chi connectivity index (χ1v) is 13.4. The van der Waals surface area contributed by atoms with Gasteiger partial charge in [0, 0.05) is 25.5 Å². The van der Waals surface area contributed by atoms with Gasteiger partial charge in [0.2, 0.25) is 10.0 Å². The largest absolute Gasteiger partial charge is 0.268 e. The maximum atomic E-state index is 12.0. The SMILES string of the molecule is Cc1ccc(Cc2cccc3c2CCN(S(C)(=O)=O)C3)cc1-c1ccc(Cn2cccn2)cc1. The lowest BCUT2D eigenvalue weighted by Gasteiger charge is -2.28. The molecule has 2 heterocycles. The Labute approximate surface area is 201 Å². The summed E-state index contributed by atoms with van der Waals surface area (Å²) < 4.78 is 27.5. The molecule has 0 amide bonds. The summed E-state index contributed by atoms with van der Waals surface area (Å²) in [7, 11) is -3.17. The van der Waals surface area contributed by atoms with Gasteiger partial charge in [0.25, 0.3) is 0 Å². The summed E-state index contributed by atoms with van der Waals surface area (Å²) in [5.41, 5.74) is 9.90. The maximum Gasteiger partial charge on any atom is 0.211 e. The van der Waals surface area contributed by atoms with Crippen molar-refractivity contribution in [3.63, 3.8) is 0 Å². The third-order valence-electron chi connectivity index (χ3n) is 6.66. The Kier molecular flexibility index (Phi) is 6.11. The van der Waals surface area contributed by atoms with E-state index < -0.39 is 10.0 Å². The normalized spacial score (nSPS) is 14.2. The van der Waals surface area contributed by atoms with Crippen molar-refractivity contribution in [3.8, 4) is 11.1 Å². The molecule has 0 unspecified atom stereocenters. The zero-order valence-electron chi connectivity index (χ0n) is 19.6. The molecule has 0 fully saturated rings. The van der Waals surface area contributed by atoms with Crippen LogP contribution in [0.2, 0.25) is 0 Å². The van der Waals surface area contributed by atoms with Gasteiger partial charge >= 0.3 is 0 Å². The number of hydrogen-bond acceptors (Lipinski definition) is 3. The van der Waals surface area contributed by atoms with Crippen LogP contribution in [0.1, 0.15) is 33.4 Å². The molecule has 174 valence electrons. The summed E-state index contributed by atoms with van der Waals surface area (Å²) in [6.07, 6.45) is 6.67.